The van der Waals surface area contributed by atoms with Crippen LogP contribution in [-0.2, 0) is 21.7 Å². The van der Waals surface area contributed by atoms with Crippen molar-refractivity contribution in [3.63, 3.8) is 0 Å². The van der Waals surface area contributed by atoms with E-state index in [2.05, 4.69) is 72.9 Å². The molecular formula is C25H38OSiTi-. The normalized spacial score (nSPS) is 16.2. The summed E-state index contributed by atoms with van der Waals surface area (Å²) in [6.07, 6.45) is 7.59. The molecule has 0 fully saturated rings. The fourth-order valence-corrected chi connectivity index (χ4v) is 2.39. The summed E-state index contributed by atoms with van der Waals surface area (Å²) in [6, 6.07) is 9.88. The van der Waals surface area contributed by atoms with E-state index in [-0.39, 0.29) is 21.7 Å². The van der Waals surface area contributed by atoms with E-state index in [0.29, 0.717) is 12.5 Å². The van der Waals surface area contributed by atoms with E-state index in [0.717, 1.165) is 15.3 Å². The van der Waals surface area contributed by atoms with Crippen LogP contribution in [0.3, 0.4) is 0 Å². The van der Waals surface area contributed by atoms with Crippen molar-refractivity contribution in [2.45, 2.75) is 61.6 Å². The maximum absolute atomic E-state index is 5.62. The largest absolute Gasteiger partial charge is 0.489 e. The summed E-state index contributed by atoms with van der Waals surface area (Å²) in [5.74, 6) is 1.48. The van der Waals surface area contributed by atoms with Gasteiger partial charge in [0.15, 0.2) is 0 Å². The van der Waals surface area contributed by atoms with E-state index >= 15 is 0 Å². The number of hydrogen-bond donors (Lipinski definition) is 0. The minimum absolute atomic E-state index is 0. The van der Waals surface area contributed by atoms with Crippen molar-refractivity contribution >= 4 is 9.52 Å². The molecule has 1 nitrogen and oxygen atoms in total. The van der Waals surface area contributed by atoms with Crippen molar-refractivity contribution in [2.24, 2.45) is 5.92 Å². The van der Waals surface area contributed by atoms with Crippen LogP contribution in [0.25, 0.3) is 0 Å². The van der Waals surface area contributed by atoms with Gasteiger partial charge in [0.2, 0.25) is 0 Å². The molecule has 1 aromatic rings. The van der Waals surface area contributed by atoms with Gasteiger partial charge in [0.1, 0.15) is 12.4 Å². The Labute approximate surface area is 191 Å². The van der Waals surface area contributed by atoms with Gasteiger partial charge in [0.25, 0.3) is 0 Å². The molecule has 1 aromatic carbocycles. The number of allylic oxidation sites excluding steroid dienone is 7. The first kappa shape index (κ1) is 29.1. The van der Waals surface area contributed by atoms with Gasteiger partial charge in [-0.2, -0.15) is 11.1 Å². The summed E-state index contributed by atoms with van der Waals surface area (Å²) < 4.78 is 5.62. The Bertz CT molecular complexity index is 669. The van der Waals surface area contributed by atoms with E-state index < -0.39 is 0 Å². The van der Waals surface area contributed by atoms with E-state index in [1.54, 1.807) is 0 Å². The van der Waals surface area contributed by atoms with Gasteiger partial charge < -0.3 is 4.74 Å². The minimum Gasteiger partial charge on any atom is -0.489 e. The van der Waals surface area contributed by atoms with Gasteiger partial charge in [-0.3, -0.25) is 6.08 Å². The SMILES string of the molecule is CC1=[C-]C(C)C(C)=C1C.CC=C(C)C=C(C)COc1ccccc1.C[SiH]C.[Ti]. The summed E-state index contributed by atoms with van der Waals surface area (Å²) in [5, 5.41) is 0. The van der Waals surface area contributed by atoms with Gasteiger partial charge in [-0.05, 0) is 38.5 Å². The second kappa shape index (κ2) is 16.8. The zero-order valence-corrected chi connectivity index (χ0v) is 22.0. The molecule has 0 amide bonds. The predicted octanol–water partition coefficient (Wildman–Crippen LogP) is 7.22. The summed E-state index contributed by atoms with van der Waals surface area (Å²) in [7, 11) is 0.750. The van der Waals surface area contributed by atoms with E-state index in [4.69, 9.17) is 4.74 Å². The van der Waals surface area contributed by atoms with Crippen LogP contribution in [0.2, 0.25) is 13.1 Å². The van der Waals surface area contributed by atoms with Crippen LogP contribution in [0, 0.1) is 12.0 Å². The molecule has 0 spiro atoms. The molecule has 0 bridgehead atoms. The van der Waals surface area contributed by atoms with Gasteiger partial charge in [-0.15, -0.1) is 6.92 Å². The third kappa shape index (κ3) is 12.4. The second-order valence-corrected chi connectivity index (χ2v) is 8.16. The average Bonchev–Trinajstić information content (AvgIpc) is 2.87. The van der Waals surface area contributed by atoms with Crippen molar-refractivity contribution in [3.8, 4) is 5.75 Å². The van der Waals surface area contributed by atoms with Gasteiger partial charge in [-0.1, -0.05) is 75.7 Å². The van der Waals surface area contributed by atoms with Gasteiger partial charge in [0.05, 0.1) is 0 Å². The molecule has 0 N–H and O–H groups in total. The maximum Gasteiger partial charge on any atom is 0.119 e. The Kier molecular flexibility index (Phi) is 17.5. The zero-order valence-electron chi connectivity index (χ0n) is 19.3. The van der Waals surface area contributed by atoms with Crippen molar-refractivity contribution < 1.29 is 26.5 Å². The smallest absolute Gasteiger partial charge is 0.119 e. The van der Waals surface area contributed by atoms with Crippen molar-refractivity contribution in [1.29, 1.82) is 0 Å². The number of rotatable bonds is 4. The number of para-hydroxylation sites is 1. The van der Waals surface area contributed by atoms with Crippen LogP contribution >= 0.6 is 0 Å². The molecule has 0 aromatic heterocycles. The second-order valence-electron chi connectivity index (χ2n) is 7.00. The van der Waals surface area contributed by atoms with Gasteiger partial charge >= 0.3 is 0 Å². The quantitative estimate of drug-likeness (QED) is 0.278. The Morgan fingerprint density at radius 3 is 2.00 bits per heavy atom. The summed E-state index contributed by atoms with van der Waals surface area (Å²) in [4.78, 5) is 0. The zero-order chi connectivity index (χ0) is 20.8. The minimum atomic E-state index is 0. The van der Waals surface area contributed by atoms with Gasteiger partial charge in [-0.25, -0.2) is 5.57 Å². The monoisotopic (exact) mass is 430 g/mol. The molecule has 0 saturated heterocycles. The third-order valence-corrected chi connectivity index (χ3v) is 4.38. The first-order chi connectivity index (χ1) is 12.8. The summed E-state index contributed by atoms with van der Waals surface area (Å²) in [6.45, 7) is 19.9. The molecular weight excluding hydrogens is 392 g/mol. The van der Waals surface area contributed by atoms with Crippen molar-refractivity contribution in [2.75, 3.05) is 6.61 Å². The molecule has 1 unspecified atom stereocenters. The van der Waals surface area contributed by atoms with Crippen LogP contribution < -0.4 is 4.74 Å². The molecule has 153 valence electrons. The molecule has 2 rings (SSSR count). The van der Waals surface area contributed by atoms with Crippen molar-refractivity contribution in [1.82, 2.24) is 0 Å². The molecule has 1 radical (unpaired) electrons. The van der Waals surface area contributed by atoms with Crippen molar-refractivity contribution in [3.05, 3.63) is 76.4 Å². The Balaban J connectivity index is 0. The third-order valence-electron chi connectivity index (χ3n) is 4.38. The molecule has 3 heteroatoms. The number of hydrogen-bond acceptors (Lipinski definition) is 1. The molecule has 0 aliphatic heterocycles. The van der Waals surface area contributed by atoms with E-state index in [1.165, 1.54) is 27.9 Å². The fourth-order valence-electron chi connectivity index (χ4n) is 2.39. The predicted molar refractivity (Wildman–Crippen MR) is 124 cm³/mol. The Hall–Kier alpha value is -1.09. The summed E-state index contributed by atoms with van der Waals surface area (Å²) in [5.41, 5.74) is 6.74. The molecule has 28 heavy (non-hydrogen) atoms. The first-order valence-electron chi connectivity index (χ1n) is 9.76. The van der Waals surface area contributed by atoms with Crippen LogP contribution in [-0.4, -0.2) is 16.1 Å². The number of ether oxygens (including phenoxy) is 1. The first-order valence-corrected chi connectivity index (χ1v) is 12.1. The summed E-state index contributed by atoms with van der Waals surface area (Å²) >= 11 is 0. The Morgan fingerprint density at radius 2 is 1.64 bits per heavy atom. The Morgan fingerprint density at radius 1 is 1.11 bits per heavy atom. The molecule has 0 saturated carbocycles. The van der Waals surface area contributed by atoms with Gasteiger partial charge in [0, 0.05) is 31.2 Å². The van der Waals surface area contributed by atoms with Crippen LogP contribution in [0.1, 0.15) is 48.5 Å². The molecule has 1 aliphatic carbocycles. The molecule has 1 aliphatic rings. The molecule has 0 heterocycles. The molecule has 1 atom stereocenters. The van der Waals surface area contributed by atoms with E-state index in [9.17, 15) is 0 Å². The standard InChI is InChI=1S/C14H18O.C9H13.C2H7Si.Ti/c1-4-12(2)10-13(3)11-15-14-8-6-5-7-9-14;1-6-5-7(2)9(4)8(6)3;1-3-2;/h4-10H,11H2,1-3H3;6H,1-4H3;3H,1-2H3;/q;-1;;. The number of benzene rings is 1. The van der Waals surface area contributed by atoms with Crippen LogP contribution in [0.4, 0.5) is 0 Å². The fraction of sp³-hybridized carbons (Fsp3) is 0.440. The van der Waals surface area contributed by atoms with E-state index in [1.807, 2.05) is 37.3 Å². The topological polar surface area (TPSA) is 9.23 Å². The van der Waals surface area contributed by atoms with Crippen LogP contribution in [0.15, 0.2) is 70.3 Å². The maximum atomic E-state index is 5.62. The van der Waals surface area contributed by atoms with Crippen LogP contribution in [0.5, 0.6) is 5.75 Å². The average molecular weight is 431 g/mol.